The van der Waals surface area contributed by atoms with Crippen LogP contribution >= 0.6 is 22.6 Å². The molecule has 2 rings (SSSR count). The van der Waals surface area contributed by atoms with Crippen molar-refractivity contribution in [2.24, 2.45) is 0 Å². The molecule has 0 aliphatic carbocycles. The zero-order chi connectivity index (χ0) is 15.1. The molecule has 0 fully saturated rings. The Labute approximate surface area is 142 Å². The van der Waals surface area contributed by atoms with Crippen LogP contribution in [0.3, 0.4) is 0 Å². The summed E-state index contributed by atoms with van der Waals surface area (Å²) in [7, 11) is 0. The van der Waals surface area contributed by atoms with E-state index in [2.05, 4.69) is 90.3 Å². The maximum absolute atomic E-state index is 3.70. The standard InChI is InChI=1S/C19H24IN/c1-3-13-21-19(17-7-5-6-8-18(17)20)14-16-11-9-15(4-2)10-12-16/h5-12,19,21H,3-4,13-14H2,1-2H3. The molecule has 21 heavy (non-hydrogen) atoms. The molecule has 0 spiro atoms. The van der Waals surface area contributed by atoms with Gasteiger partial charge < -0.3 is 5.32 Å². The highest BCUT2D eigenvalue weighted by Gasteiger charge is 2.14. The first-order chi connectivity index (χ1) is 10.2. The predicted octanol–water partition coefficient (Wildman–Crippen LogP) is 5.14. The molecule has 0 amide bonds. The lowest BCUT2D eigenvalue weighted by molar-refractivity contribution is 0.527. The van der Waals surface area contributed by atoms with Crippen LogP contribution in [0.4, 0.5) is 0 Å². The summed E-state index contributed by atoms with van der Waals surface area (Å²) >= 11 is 2.44. The molecule has 1 atom stereocenters. The number of nitrogens with one attached hydrogen (secondary N) is 1. The number of hydrogen-bond acceptors (Lipinski definition) is 1. The van der Waals surface area contributed by atoms with Gasteiger partial charge in [-0.3, -0.25) is 0 Å². The first-order valence-electron chi connectivity index (χ1n) is 7.80. The lowest BCUT2D eigenvalue weighted by atomic mass is 9.97. The minimum atomic E-state index is 0.394. The van der Waals surface area contributed by atoms with Crippen molar-refractivity contribution in [3.63, 3.8) is 0 Å². The molecule has 2 aromatic carbocycles. The Morgan fingerprint density at radius 1 is 0.952 bits per heavy atom. The van der Waals surface area contributed by atoms with E-state index in [9.17, 15) is 0 Å². The summed E-state index contributed by atoms with van der Waals surface area (Å²) in [5.74, 6) is 0. The second-order valence-electron chi connectivity index (χ2n) is 5.40. The maximum atomic E-state index is 3.70. The molecule has 1 nitrogen and oxygen atoms in total. The van der Waals surface area contributed by atoms with Crippen LogP contribution in [0.5, 0.6) is 0 Å². The fourth-order valence-corrected chi connectivity index (χ4v) is 3.28. The van der Waals surface area contributed by atoms with E-state index >= 15 is 0 Å². The lowest BCUT2D eigenvalue weighted by Gasteiger charge is -2.20. The summed E-state index contributed by atoms with van der Waals surface area (Å²) in [6.07, 6.45) is 3.31. The monoisotopic (exact) mass is 393 g/mol. The van der Waals surface area contributed by atoms with Crippen molar-refractivity contribution >= 4 is 22.6 Å². The minimum Gasteiger partial charge on any atom is -0.310 e. The van der Waals surface area contributed by atoms with Crippen LogP contribution in [-0.4, -0.2) is 6.54 Å². The minimum absolute atomic E-state index is 0.394. The number of rotatable bonds is 7. The quantitative estimate of drug-likeness (QED) is 0.643. The average molecular weight is 393 g/mol. The number of halogens is 1. The van der Waals surface area contributed by atoms with E-state index < -0.39 is 0 Å². The second-order valence-corrected chi connectivity index (χ2v) is 6.56. The van der Waals surface area contributed by atoms with Crippen molar-refractivity contribution in [2.75, 3.05) is 6.54 Å². The summed E-state index contributed by atoms with van der Waals surface area (Å²) in [6.45, 7) is 5.48. The smallest absolute Gasteiger partial charge is 0.0371 e. The Morgan fingerprint density at radius 2 is 1.62 bits per heavy atom. The molecule has 0 heterocycles. The van der Waals surface area contributed by atoms with Crippen LogP contribution in [0.1, 0.15) is 43.0 Å². The third-order valence-corrected chi connectivity index (χ3v) is 4.77. The summed E-state index contributed by atoms with van der Waals surface area (Å²) in [6, 6.07) is 18.1. The van der Waals surface area contributed by atoms with Crippen molar-refractivity contribution in [3.8, 4) is 0 Å². The van der Waals surface area contributed by atoms with Gasteiger partial charge in [-0.05, 0) is 71.2 Å². The van der Waals surface area contributed by atoms with E-state index in [1.165, 1.54) is 20.3 Å². The van der Waals surface area contributed by atoms with Gasteiger partial charge in [-0.1, -0.05) is 56.3 Å². The van der Waals surface area contributed by atoms with E-state index in [0.717, 1.165) is 25.8 Å². The molecule has 1 unspecified atom stereocenters. The lowest BCUT2D eigenvalue weighted by Crippen LogP contribution is -2.24. The highest BCUT2D eigenvalue weighted by molar-refractivity contribution is 14.1. The Kier molecular flexibility index (Phi) is 6.71. The van der Waals surface area contributed by atoms with Crippen molar-refractivity contribution in [2.45, 2.75) is 39.2 Å². The Morgan fingerprint density at radius 3 is 2.24 bits per heavy atom. The van der Waals surface area contributed by atoms with Gasteiger partial charge in [-0.15, -0.1) is 0 Å². The molecule has 0 aliphatic heterocycles. The molecule has 0 bridgehead atoms. The average Bonchev–Trinajstić information content (AvgIpc) is 2.53. The molecule has 1 N–H and O–H groups in total. The van der Waals surface area contributed by atoms with Gasteiger partial charge in [0.15, 0.2) is 0 Å². The number of hydrogen-bond donors (Lipinski definition) is 1. The van der Waals surface area contributed by atoms with Gasteiger partial charge in [0.2, 0.25) is 0 Å². The number of aryl methyl sites for hydroxylation is 1. The maximum Gasteiger partial charge on any atom is 0.0371 e. The summed E-state index contributed by atoms with van der Waals surface area (Å²) in [5, 5.41) is 3.70. The summed E-state index contributed by atoms with van der Waals surface area (Å²) in [4.78, 5) is 0. The summed E-state index contributed by atoms with van der Waals surface area (Å²) in [5.41, 5.74) is 4.22. The molecule has 0 saturated heterocycles. The topological polar surface area (TPSA) is 12.0 Å². The Bertz CT molecular complexity index is 548. The molecule has 2 aromatic rings. The van der Waals surface area contributed by atoms with Crippen molar-refractivity contribution < 1.29 is 0 Å². The molecule has 112 valence electrons. The number of benzene rings is 2. The first kappa shape index (κ1) is 16.5. The van der Waals surface area contributed by atoms with Crippen LogP contribution in [-0.2, 0) is 12.8 Å². The highest BCUT2D eigenvalue weighted by Crippen LogP contribution is 2.23. The largest absolute Gasteiger partial charge is 0.310 e. The van der Waals surface area contributed by atoms with Gasteiger partial charge in [-0.2, -0.15) is 0 Å². The molecule has 0 radical (unpaired) electrons. The Hall–Kier alpha value is -0.870. The summed E-state index contributed by atoms with van der Waals surface area (Å²) < 4.78 is 1.34. The van der Waals surface area contributed by atoms with Gasteiger partial charge >= 0.3 is 0 Å². The van der Waals surface area contributed by atoms with E-state index in [-0.39, 0.29) is 0 Å². The van der Waals surface area contributed by atoms with E-state index in [1.807, 2.05) is 0 Å². The van der Waals surface area contributed by atoms with E-state index in [4.69, 9.17) is 0 Å². The normalized spacial score (nSPS) is 12.3. The fourth-order valence-electron chi connectivity index (χ4n) is 2.52. The molecular formula is C19H24IN. The molecule has 0 saturated carbocycles. The van der Waals surface area contributed by atoms with Crippen LogP contribution in [0.2, 0.25) is 0 Å². The first-order valence-corrected chi connectivity index (χ1v) is 8.88. The molecular weight excluding hydrogens is 369 g/mol. The van der Waals surface area contributed by atoms with Gasteiger partial charge in [0.1, 0.15) is 0 Å². The van der Waals surface area contributed by atoms with Crippen molar-refractivity contribution in [1.82, 2.24) is 5.32 Å². The fraction of sp³-hybridized carbons (Fsp3) is 0.368. The van der Waals surface area contributed by atoms with Gasteiger partial charge in [0, 0.05) is 9.61 Å². The van der Waals surface area contributed by atoms with Gasteiger partial charge in [-0.25, -0.2) is 0 Å². The zero-order valence-corrected chi connectivity index (χ0v) is 15.1. The van der Waals surface area contributed by atoms with Crippen LogP contribution in [0.25, 0.3) is 0 Å². The van der Waals surface area contributed by atoms with E-state index in [0.29, 0.717) is 6.04 Å². The molecule has 2 heteroatoms. The van der Waals surface area contributed by atoms with Crippen LogP contribution < -0.4 is 5.32 Å². The SMILES string of the molecule is CCCNC(Cc1ccc(CC)cc1)c1ccccc1I. The highest BCUT2D eigenvalue weighted by atomic mass is 127. The van der Waals surface area contributed by atoms with Crippen LogP contribution in [0.15, 0.2) is 48.5 Å². The predicted molar refractivity (Wildman–Crippen MR) is 99.7 cm³/mol. The third-order valence-electron chi connectivity index (χ3n) is 3.79. The zero-order valence-electron chi connectivity index (χ0n) is 12.9. The Balaban J connectivity index is 2.17. The van der Waals surface area contributed by atoms with Gasteiger partial charge in [0.05, 0.1) is 0 Å². The molecule has 0 aliphatic rings. The molecule has 0 aromatic heterocycles. The van der Waals surface area contributed by atoms with Crippen LogP contribution in [0, 0.1) is 3.57 Å². The second kappa shape index (κ2) is 8.54. The van der Waals surface area contributed by atoms with Gasteiger partial charge in [0.25, 0.3) is 0 Å². The third kappa shape index (κ3) is 4.82. The van der Waals surface area contributed by atoms with Crippen molar-refractivity contribution in [3.05, 3.63) is 68.8 Å². The van der Waals surface area contributed by atoms with E-state index in [1.54, 1.807) is 0 Å². The van der Waals surface area contributed by atoms with Crippen molar-refractivity contribution in [1.29, 1.82) is 0 Å².